The van der Waals surface area contributed by atoms with Gasteiger partial charge >= 0.3 is 0 Å². The Hall–Kier alpha value is -3.44. The first-order valence-electron chi connectivity index (χ1n) is 10.6. The molecular weight excluding hydrogens is 389 g/mol. The molecule has 1 amide bonds. The predicted molar refractivity (Wildman–Crippen MR) is 121 cm³/mol. The lowest BCUT2D eigenvalue weighted by Gasteiger charge is -2.29. The second-order valence-electron chi connectivity index (χ2n) is 8.06. The number of hydrogen-bond acceptors (Lipinski definition) is 3. The summed E-state index contributed by atoms with van der Waals surface area (Å²) in [5.41, 5.74) is 6.16. The first-order chi connectivity index (χ1) is 15.2. The highest BCUT2D eigenvalue weighted by atomic mass is 19.1. The molecule has 156 valence electrons. The van der Waals surface area contributed by atoms with E-state index in [2.05, 4.69) is 33.7 Å². The highest BCUT2D eigenvalue weighted by Gasteiger charge is 2.24. The van der Waals surface area contributed by atoms with Gasteiger partial charge in [0.05, 0.1) is 5.56 Å². The zero-order chi connectivity index (χ0) is 21.2. The number of benzene rings is 3. The molecule has 2 N–H and O–H groups in total. The first-order valence-corrected chi connectivity index (χ1v) is 10.6. The zero-order valence-electron chi connectivity index (χ0n) is 17.1. The molecule has 3 aromatic rings. The average Bonchev–Trinajstić information content (AvgIpc) is 2.80. The van der Waals surface area contributed by atoms with E-state index < -0.39 is 0 Å². The Bertz CT molecular complexity index is 1140. The first kappa shape index (κ1) is 19.5. The average molecular weight is 413 g/mol. The van der Waals surface area contributed by atoms with Crippen LogP contribution in [0.25, 0.3) is 5.57 Å². The molecule has 0 radical (unpaired) electrons. The van der Waals surface area contributed by atoms with Gasteiger partial charge < -0.3 is 10.6 Å². The van der Waals surface area contributed by atoms with Crippen LogP contribution in [0.2, 0.25) is 0 Å². The Kier molecular flexibility index (Phi) is 5.26. The molecule has 5 heteroatoms. The number of hydrogen-bond donors (Lipinski definition) is 2. The summed E-state index contributed by atoms with van der Waals surface area (Å²) in [6.45, 7) is 2.67. The third-order valence-electron chi connectivity index (χ3n) is 5.95. The highest BCUT2D eigenvalue weighted by molar-refractivity contribution is 6.01. The molecule has 1 atom stereocenters. The fourth-order valence-corrected chi connectivity index (χ4v) is 4.28. The molecule has 0 fully saturated rings. The van der Waals surface area contributed by atoms with Gasteiger partial charge in [0.15, 0.2) is 0 Å². The predicted octanol–water partition coefficient (Wildman–Crippen LogP) is 4.97. The minimum Gasteiger partial charge on any atom is -0.361 e. The van der Waals surface area contributed by atoms with Crippen molar-refractivity contribution in [3.63, 3.8) is 0 Å². The van der Waals surface area contributed by atoms with Crippen molar-refractivity contribution in [2.24, 2.45) is 0 Å². The molecule has 0 saturated carbocycles. The number of rotatable bonds is 4. The van der Waals surface area contributed by atoms with E-state index in [1.807, 2.05) is 48.5 Å². The third kappa shape index (κ3) is 4.23. The van der Waals surface area contributed by atoms with Gasteiger partial charge in [0.25, 0.3) is 5.91 Å². The lowest BCUT2D eigenvalue weighted by atomic mass is 9.99. The summed E-state index contributed by atoms with van der Waals surface area (Å²) in [6, 6.07) is 22.7. The standard InChI is InChI=1S/C26H24FN3O/c27-22-10-8-19(9-11-22)20-12-14-30(15-13-20)17-18-4-3-5-21(16-18)25-28-24-7-2-1-6-23(24)26(31)29-25/h1-12,16,25,28H,13-15,17H2,(H,29,31). The van der Waals surface area contributed by atoms with Crippen LogP contribution in [0.5, 0.6) is 0 Å². The van der Waals surface area contributed by atoms with Crippen LogP contribution in [-0.4, -0.2) is 23.9 Å². The van der Waals surface area contributed by atoms with E-state index in [1.54, 1.807) is 0 Å². The van der Waals surface area contributed by atoms with Gasteiger partial charge in [-0.3, -0.25) is 9.69 Å². The fraction of sp³-hybridized carbons (Fsp3) is 0.192. The van der Waals surface area contributed by atoms with Crippen molar-refractivity contribution in [3.8, 4) is 0 Å². The van der Waals surface area contributed by atoms with Gasteiger partial charge in [-0.2, -0.15) is 0 Å². The Morgan fingerprint density at radius 2 is 1.81 bits per heavy atom. The molecule has 2 aliphatic rings. The van der Waals surface area contributed by atoms with Gasteiger partial charge in [-0.1, -0.05) is 54.6 Å². The third-order valence-corrected chi connectivity index (χ3v) is 5.95. The summed E-state index contributed by atoms with van der Waals surface area (Å²) in [4.78, 5) is 14.8. The van der Waals surface area contributed by atoms with Crippen molar-refractivity contribution >= 4 is 17.2 Å². The number of fused-ring (bicyclic) bond motifs is 1. The summed E-state index contributed by atoms with van der Waals surface area (Å²) in [5.74, 6) is -0.256. The number of nitrogens with one attached hydrogen (secondary N) is 2. The lowest BCUT2D eigenvalue weighted by molar-refractivity contribution is 0.0935. The smallest absolute Gasteiger partial charge is 0.255 e. The van der Waals surface area contributed by atoms with Crippen molar-refractivity contribution in [1.29, 1.82) is 0 Å². The molecule has 0 aromatic heterocycles. The van der Waals surface area contributed by atoms with Gasteiger partial charge in [-0.05, 0) is 52.9 Å². The van der Waals surface area contributed by atoms with Crippen LogP contribution in [0, 0.1) is 5.82 Å². The number of carbonyl (C=O) groups excluding carboxylic acids is 1. The van der Waals surface area contributed by atoms with E-state index in [0.717, 1.165) is 42.9 Å². The molecule has 0 bridgehead atoms. The molecular formula is C26H24FN3O. The monoisotopic (exact) mass is 413 g/mol. The van der Waals surface area contributed by atoms with Crippen molar-refractivity contribution in [1.82, 2.24) is 10.2 Å². The SMILES string of the molecule is O=C1NC(c2cccc(CN3CC=C(c4ccc(F)cc4)CC3)c2)Nc2ccccc21. The van der Waals surface area contributed by atoms with Gasteiger partial charge in [-0.15, -0.1) is 0 Å². The van der Waals surface area contributed by atoms with Crippen LogP contribution in [-0.2, 0) is 6.54 Å². The van der Waals surface area contributed by atoms with Gasteiger partial charge in [0.1, 0.15) is 12.0 Å². The summed E-state index contributed by atoms with van der Waals surface area (Å²) in [7, 11) is 0. The zero-order valence-corrected chi connectivity index (χ0v) is 17.1. The van der Waals surface area contributed by atoms with Crippen molar-refractivity contribution in [2.75, 3.05) is 18.4 Å². The molecule has 2 aliphatic heterocycles. The number of halogens is 1. The molecule has 5 rings (SSSR count). The second kappa shape index (κ2) is 8.36. The molecule has 0 saturated heterocycles. The van der Waals surface area contributed by atoms with E-state index in [0.29, 0.717) is 5.56 Å². The fourth-order valence-electron chi connectivity index (χ4n) is 4.28. The summed E-state index contributed by atoms with van der Waals surface area (Å²) < 4.78 is 13.2. The number of para-hydroxylation sites is 1. The van der Waals surface area contributed by atoms with Crippen LogP contribution in [0.1, 0.15) is 39.6 Å². The highest BCUT2D eigenvalue weighted by Crippen LogP contribution is 2.27. The lowest BCUT2D eigenvalue weighted by Crippen LogP contribution is -2.38. The largest absolute Gasteiger partial charge is 0.361 e. The normalized spacial score (nSPS) is 18.5. The molecule has 3 aromatic carbocycles. The number of anilines is 1. The number of carbonyl (C=O) groups is 1. The maximum Gasteiger partial charge on any atom is 0.255 e. The second-order valence-corrected chi connectivity index (χ2v) is 8.06. The van der Waals surface area contributed by atoms with E-state index in [9.17, 15) is 9.18 Å². The Labute approximate surface area is 181 Å². The number of nitrogens with zero attached hydrogens (tertiary/aromatic N) is 1. The Morgan fingerprint density at radius 1 is 0.968 bits per heavy atom. The summed E-state index contributed by atoms with van der Waals surface area (Å²) in [6.07, 6.45) is 2.94. The van der Waals surface area contributed by atoms with E-state index >= 15 is 0 Å². The van der Waals surface area contributed by atoms with E-state index in [4.69, 9.17) is 0 Å². The van der Waals surface area contributed by atoms with Crippen LogP contribution in [0.3, 0.4) is 0 Å². The van der Waals surface area contributed by atoms with Crippen LogP contribution in [0.15, 0.2) is 78.9 Å². The van der Waals surface area contributed by atoms with E-state index in [-0.39, 0.29) is 17.9 Å². The maximum absolute atomic E-state index is 13.2. The minimum absolute atomic E-state index is 0.0563. The molecule has 0 spiro atoms. The number of amides is 1. The van der Waals surface area contributed by atoms with Crippen molar-refractivity contribution in [3.05, 3.63) is 107 Å². The molecule has 31 heavy (non-hydrogen) atoms. The Balaban J connectivity index is 1.26. The topological polar surface area (TPSA) is 44.4 Å². The molecule has 4 nitrogen and oxygen atoms in total. The summed E-state index contributed by atoms with van der Waals surface area (Å²) in [5, 5.41) is 6.47. The van der Waals surface area contributed by atoms with Gasteiger partial charge in [0, 0.05) is 25.3 Å². The molecule has 0 aliphatic carbocycles. The van der Waals surface area contributed by atoms with E-state index in [1.165, 1.54) is 23.3 Å². The quantitative estimate of drug-likeness (QED) is 0.635. The minimum atomic E-state index is -0.242. The molecule has 1 unspecified atom stereocenters. The summed E-state index contributed by atoms with van der Waals surface area (Å²) >= 11 is 0. The van der Waals surface area contributed by atoms with Crippen LogP contribution >= 0.6 is 0 Å². The van der Waals surface area contributed by atoms with Crippen molar-refractivity contribution in [2.45, 2.75) is 19.1 Å². The van der Waals surface area contributed by atoms with Crippen LogP contribution < -0.4 is 10.6 Å². The van der Waals surface area contributed by atoms with Crippen LogP contribution in [0.4, 0.5) is 10.1 Å². The molecule has 2 heterocycles. The van der Waals surface area contributed by atoms with Gasteiger partial charge in [-0.25, -0.2) is 4.39 Å². The van der Waals surface area contributed by atoms with Gasteiger partial charge in [0.2, 0.25) is 0 Å². The van der Waals surface area contributed by atoms with Crippen molar-refractivity contribution < 1.29 is 9.18 Å². The maximum atomic E-state index is 13.2. The Morgan fingerprint density at radius 3 is 2.61 bits per heavy atom.